The summed E-state index contributed by atoms with van der Waals surface area (Å²) in [6.45, 7) is 15.1. The van der Waals surface area contributed by atoms with Crippen LogP contribution in [0.4, 0.5) is 4.79 Å². The molecule has 0 saturated heterocycles. The van der Waals surface area contributed by atoms with Crippen LogP contribution < -0.4 is 16.0 Å². The van der Waals surface area contributed by atoms with Gasteiger partial charge in [-0.3, -0.25) is 14.4 Å². The lowest BCUT2D eigenvalue weighted by atomic mass is 9.80. The number of rotatable bonds is 18. The fourth-order valence-corrected chi connectivity index (χ4v) is 6.70. The molecule has 5 N–H and O–H groups in total. The fourth-order valence-electron chi connectivity index (χ4n) is 6.70. The van der Waals surface area contributed by atoms with E-state index in [2.05, 4.69) is 39.8 Å². The van der Waals surface area contributed by atoms with Crippen molar-refractivity contribution in [2.24, 2.45) is 23.2 Å². The molecule has 1 unspecified atom stereocenters. The number of alkyl carbamates (subject to hydrolysis) is 1. The van der Waals surface area contributed by atoms with Crippen LogP contribution in [0, 0.1) is 23.2 Å². The van der Waals surface area contributed by atoms with E-state index in [1.165, 1.54) is 12.7 Å². The third kappa shape index (κ3) is 15.9. The van der Waals surface area contributed by atoms with E-state index < -0.39 is 53.2 Å². The minimum Gasteiger partial charge on any atom is -0.465 e. The van der Waals surface area contributed by atoms with E-state index in [-0.39, 0.29) is 37.3 Å². The van der Waals surface area contributed by atoms with Crippen LogP contribution >= 0.6 is 0 Å². The molecule has 1 aromatic carbocycles. The average Bonchev–Trinajstić information content (AvgIpc) is 3.59. The Hall–Kier alpha value is -3.93. The molecule has 12 heteroatoms. The quantitative estimate of drug-likeness (QED) is 0.115. The van der Waals surface area contributed by atoms with Gasteiger partial charge in [0, 0.05) is 24.7 Å². The van der Waals surface area contributed by atoms with E-state index in [1.807, 2.05) is 51.1 Å². The van der Waals surface area contributed by atoms with Gasteiger partial charge in [-0.2, -0.15) is 0 Å². The molecule has 0 bridgehead atoms. The molecule has 3 amide bonds. The zero-order chi connectivity index (χ0) is 39.2. The smallest absolute Gasteiger partial charge is 0.408 e. The molecule has 3 rings (SSSR count). The first-order valence-electron chi connectivity index (χ1n) is 19.4. The van der Waals surface area contributed by atoms with Crippen molar-refractivity contribution in [1.29, 1.82) is 0 Å². The molecule has 2 aromatic rings. The molecule has 0 aliphatic heterocycles. The van der Waals surface area contributed by atoms with E-state index in [0.29, 0.717) is 30.9 Å². The SMILES string of the molecule is CC(C)[C@@H](CCOC(=O)C(C)(C)C)C[C@H](O)[C@H](CC1CCCCC1)NC(=O)[C@H](Cc1cnc[nH]1)NC(=O)C(Cc1ccccc1)NC(=O)OC(C)(C)C. The first kappa shape index (κ1) is 43.5. The van der Waals surface area contributed by atoms with Crippen molar-refractivity contribution >= 4 is 23.9 Å². The van der Waals surface area contributed by atoms with Gasteiger partial charge >= 0.3 is 12.1 Å². The molecule has 1 fully saturated rings. The molecular weight excluding hydrogens is 674 g/mol. The van der Waals surface area contributed by atoms with Crippen LogP contribution in [0.15, 0.2) is 42.9 Å². The number of carbonyl (C=O) groups excluding carboxylic acids is 4. The number of imidazole rings is 1. The Labute approximate surface area is 316 Å². The Bertz CT molecular complexity index is 1410. The van der Waals surface area contributed by atoms with Gasteiger partial charge in [0.2, 0.25) is 11.8 Å². The Balaban J connectivity index is 1.83. The number of aromatic nitrogens is 2. The number of nitrogens with zero attached hydrogens (tertiary/aromatic N) is 1. The van der Waals surface area contributed by atoms with Crippen LogP contribution in [0.5, 0.6) is 0 Å². The second kappa shape index (κ2) is 20.5. The fraction of sp³-hybridized carbons (Fsp3) is 0.683. The first-order valence-corrected chi connectivity index (χ1v) is 19.4. The van der Waals surface area contributed by atoms with Crippen molar-refractivity contribution in [1.82, 2.24) is 25.9 Å². The molecule has 1 aliphatic carbocycles. The molecule has 1 aromatic heterocycles. The summed E-state index contributed by atoms with van der Waals surface area (Å²) in [6.07, 6.45) is 8.86. The number of aliphatic hydroxyl groups excluding tert-OH is 1. The predicted molar refractivity (Wildman–Crippen MR) is 205 cm³/mol. The van der Waals surface area contributed by atoms with Gasteiger partial charge in [-0.05, 0) is 84.1 Å². The second-order valence-corrected chi connectivity index (χ2v) is 17.1. The van der Waals surface area contributed by atoms with Crippen LogP contribution in [-0.4, -0.2) is 75.4 Å². The number of amides is 3. The van der Waals surface area contributed by atoms with E-state index >= 15 is 0 Å². The van der Waals surface area contributed by atoms with Crippen LogP contribution in [-0.2, 0) is 36.7 Å². The Morgan fingerprint density at radius 2 is 1.55 bits per heavy atom. The van der Waals surface area contributed by atoms with Crippen molar-refractivity contribution in [3.63, 3.8) is 0 Å². The zero-order valence-electron chi connectivity index (χ0n) is 33.2. The summed E-state index contributed by atoms with van der Waals surface area (Å²) in [4.78, 5) is 60.7. The highest BCUT2D eigenvalue weighted by Crippen LogP contribution is 2.30. The lowest BCUT2D eigenvalue weighted by Gasteiger charge is -2.34. The van der Waals surface area contributed by atoms with Crippen molar-refractivity contribution in [2.45, 2.75) is 149 Å². The van der Waals surface area contributed by atoms with Gasteiger partial charge in [0.25, 0.3) is 0 Å². The number of H-pyrrole nitrogens is 1. The highest BCUT2D eigenvalue weighted by Gasteiger charge is 2.34. The molecule has 1 saturated carbocycles. The van der Waals surface area contributed by atoms with Gasteiger partial charge in [-0.1, -0.05) is 76.3 Å². The number of hydrogen-bond acceptors (Lipinski definition) is 8. The highest BCUT2D eigenvalue weighted by atomic mass is 16.6. The molecule has 53 heavy (non-hydrogen) atoms. The van der Waals surface area contributed by atoms with Crippen molar-refractivity contribution in [3.05, 3.63) is 54.1 Å². The number of aliphatic hydroxyl groups is 1. The maximum absolute atomic E-state index is 14.3. The maximum atomic E-state index is 14.3. The summed E-state index contributed by atoms with van der Waals surface area (Å²) >= 11 is 0. The number of aromatic amines is 1. The summed E-state index contributed by atoms with van der Waals surface area (Å²) < 4.78 is 11.0. The van der Waals surface area contributed by atoms with Gasteiger partial charge < -0.3 is 35.5 Å². The monoisotopic (exact) mass is 739 g/mol. The second-order valence-electron chi connectivity index (χ2n) is 17.1. The average molecular weight is 740 g/mol. The predicted octanol–water partition coefficient (Wildman–Crippen LogP) is 6.03. The van der Waals surface area contributed by atoms with Crippen LogP contribution in [0.2, 0.25) is 0 Å². The molecule has 0 spiro atoms. The summed E-state index contributed by atoms with van der Waals surface area (Å²) in [5.41, 5.74) is 0.0826. The maximum Gasteiger partial charge on any atom is 0.408 e. The minimum atomic E-state index is -1.04. The largest absolute Gasteiger partial charge is 0.465 e. The molecule has 1 aliphatic rings. The topological polar surface area (TPSA) is 172 Å². The van der Waals surface area contributed by atoms with Gasteiger partial charge in [0.15, 0.2) is 0 Å². The number of nitrogens with one attached hydrogen (secondary N) is 4. The Morgan fingerprint density at radius 3 is 2.13 bits per heavy atom. The van der Waals surface area contributed by atoms with E-state index in [0.717, 1.165) is 31.2 Å². The van der Waals surface area contributed by atoms with Gasteiger partial charge in [0.05, 0.1) is 30.5 Å². The highest BCUT2D eigenvalue weighted by molar-refractivity contribution is 5.91. The lowest BCUT2D eigenvalue weighted by molar-refractivity contribution is -0.153. The van der Waals surface area contributed by atoms with Gasteiger partial charge in [-0.15, -0.1) is 0 Å². The van der Waals surface area contributed by atoms with Crippen molar-refractivity contribution < 1.29 is 33.8 Å². The number of ether oxygens (including phenoxy) is 2. The van der Waals surface area contributed by atoms with Crippen LogP contribution in [0.3, 0.4) is 0 Å². The molecular formula is C41H65N5O7. The number of esters is 1. The standard InChI is InChI=1S/C41H65N5O7/c1-27(2)30(19-20-52-38(50)40(3,4)5)23-35(47)32(21-28-15-11-9-12-16-28)44-37(49)34(24-31-25-42-26-43-31)45-36(48)33(22-29-17-13-10-14-18-29)46-39(51)53-41(6,7)8/h10,13-14,17-18,25-28,30,32-35,47H,9,11-12,15-16,19-24H2,1-8H3,(H,42,43)(H,44,49)(H,45,48)(H,46,51)/t30-,32-,33?,34-,35-/m0/s1. The van der Waals surface area contributed by atoms with Gasteiger partial charge in [-0.25, -0.2) is 9.78 Å². The Morgan fingerprint density at radius 1 is 0.906 bits per heavy atom. The summed E-state index contributed by atoms with van der Waals surface area (Å²) in [7, 11) is 0. The van der Waals surface area contributed by atoms with Crippen LogP contribution in [0.1, 0.15) is 118 Å². The van der Waals surface area contributed by atoms with Crippen molar-refractivity contribution in [2.75, 3.05) is 6.61 Å². The van der Waals surface area contributed by atoms with E-state index in [9.17, 15) is 24.3 Å². The van der Waals surface area contributed by atoms with Crippen LogP contribution in [0.25, 0.3) is 0 Å². The number of carbonyl (C=O) groups is 4. The lowest BCUT2D eigenvalue weighted by Crippen LogP contribution is -2.57. The molecule has 296 valence electrons. The minimum absolute atomic E-state index is 0.0432. The normalized spacial score (nSPS) is 16.9. The Kier molecular flexibility index (Phi) is 16.8. The number of benzene rings is 1. The summed E-state index contributed by atoms with van der Waals surface area (Å²) in [5.74, 6) is -0.655. The first-order chi connectivity index (χ1) is 24.9. The third-order valence-electron chi connectivity index (χ3n) is 9.83. The molecule has 12 nitrogen and oxygen atoms in total. The molecule has 0 radical (unpaired) electrons. The molecule has 5 atom stereocenters. The summed E-state index contributed by atoms with van der Waals surface area (Å²) in [5, 5.41) is 20.6. The zero-order valence-corrected chi connectivity index (χ0v) is 33.2. The van der Waals surface area contributed by atoms with Gasteiger partial charge in [0.1, 0.15) is 17.7 Å². The molecule has 1 heterocycles. The summed E-state index contributed by atoms with van der Waals surface area (Å²) in [6, 6.07) is 6.66. The van der Waals surface area contributed by atoms with E-state index in [4.69, 9.17) is 9.47 Å². The van der Waals surface area contributed by atoms with E-state index in [1.54, 1.807) is 27.0 Å². The third-order valence-corrected chi connectivity index (χ3v) is 9.83. The van der Waals surface area contributed by atoms with Crippen molar-refractivity contribution in [3.8, 4) is 0 Å². The number of hydrogen-bond donors (Lipinski definition) is 5.